The zero-order chi connectivity index (χ0) is 10.8. The zero-order valence-electron chi connectivity index (χ0n) is 6.87. The van der Waals surface area contributed by atoms with Crippen molar-refractivity contribution >= 4 is 11.9 Å². The van der Waals surface area contributed by atoms with Crippen molar-refractivity contribution in [3.63, 3.8) is 0 Å². The van der Waals surface area contributed by atoms with Crippen molar-refractivity contribution in [3.05, 3.63) is 0 Å². The highest BCUT2D eigenvalue weighted by Gasteiger charge is 2.53. The van der Waals surface area contributed by atoms with E-state index in [2.05, 4.69) is 14.4 Å². The van der Waals surface area contributed by atoms with E-state index in [4.69, 9.17) is 15.5 Å². The minimum Gasteiger partial charge on any atom is -0.443 e. The van der Waals surface area contributed by atoms with Crippen LogP contribution in [0.15, 0.2) is 0 Å². The van der Waals surface area contributed by atoms with E-state index >= 15 is 0 Å². The van der Waals surface area contributed by atoms with Gasteiger partial charge in [-0.2, -0.15) is 4.89 Å². The van der Waals surface area contributed by atoms with Gasteiger partial charge in [0.25, 0.3) is 0 Å². The van der Waals surface area contributed by atoms with Crippen molar-refractivity contribution in [1.29, 1.82) is 0 Å². The molecule has 0 bridgehead atoms. The molecule has 0 aromatic heterocycles. The molecule has 0 saturated carbocycles. The zero-order valence-corrected chi connectivity index (χ0v) is 6.87. The highest BCUT2D eigenvalue weighted by molar-refractivity contribution is 5.89. The maximum absolute atomic E-state index is 11.0. The van der Waals surface area contributed by atoms with E-state index in [1.165, 1.54) is 0 Å². The van der Waals surface area contributed by atoms with Crippen molar-refractivity contribution in [3.8, 4) is 0 Å². The first kappa shape index (κ1) is 10.9. The highest BCUT2D eigenvalue weighted by atomic mass is 17.2. The van der Waals surface area contributed by atoms with Crippen molar-refractivity contribution in [2.45, 2.75) is 11.9 Å². The number of hydrogen-bond donors (Lipinski definition) is 3. The Morgan fingerprint density at radius 1 is 1.43 bits per heavy atom. The van der Waals surface area contributed by atoms with Crippen LogP contribution in [0.25, 0.3) is 0 Å². The number of esters is 2. The fraction of sp³-hybridized carbons (Fsp3) is 0.667. The summed E-state index contributed by atoms with van der Waals surface area (Å²) >= 11 is 0. The van der Waals surface area contributed by atoms with Gasteiger partial charge in [0.05, 0.1) is 6.61 Å². The van der Waals surface area contributed by atoms with Crippen LogP contribution in [-0.2, 0) is 24.0 Å². The first-order chi connectivity index (χ1) is 6.59. The predicted octanol–water partition coefficient (Wildman–Crippen LogP) is -2.37. The van der Waals surface area contributed by atoms with Gasteiger partial charge in [-0.3, -0.25) is 0 Å². The number of ether oxygens (including phenoxy) is 2. The third-order valence-electron chi connectivity index (χ3n) is 1.61. The summed E-state index contributed by atoms with van der Waals surface area (Å²) in [6.45, 7) is -1.84. The molecule has 3 N–H and O–H groups in total. The van der Waals surface area contributed by atoms with Crippen LogP contribution < -0.4 is 0 Å². The number of carbonyl (C=O) groups is 2. The molecule has 1 aliphatic rings. The standard InChI is InChI=1S/C6H8O8/c7-1-3-4(9)13-6(2-8,14-11)5(10)12-3/h3,7-8,11H,1-2H2. The molecule has 0 aromatic rings. The number of aliphatic hydroxyl groups excluding tert-OH is 2. The second-order valence-corrected chi connectivity index (χ2v) is 2.50. The molecule has 0 spiro atoms. The number of rotatable bonds is 3. The number of hydrogen-bond acceptors (Lipinski definition) is 8. The Labute approximate surface area is 77.5 Å². The molecule has 1 aliphatic heterocycles. The Bertz CT molecular complexity index is 244. The molecule has 1 saturated heterocycles. The summed E-state index contributed by atoms with van der Waals surface area (Å²) in [6, 6.07) is 0. The second-order valence-electron chi connectivity index (χ2n) is 2.50. The first-order valence-electron chi connectivity index (χ1n) is 3.58. The Kier molecular flexibility index (Phi) is 3.01. The Balaban J connectivity index is 2.85. The van der Waals surface area contributed by atoms with E-state index in [1.54, 1.807) is 0 Å². The van der Waals surface area contributed by atoms with Gasteiger partial charge in [0.1, 0.15) is 6.61 Å². The summed E-state index contributed by atoms with van der Waals surface area (Å²) in [5.74, 6) is -4.95. The largest absolute Gasteiger partial charge is 0.443 e. The molecule has 0 aliphatic carbocycles. The molecule has 1 fully saturated rings. The summed E-state index contributed by atoms with van der Waals surface area (Å²) in [6.07, 6.45) is -1.46. The van der Waals surface area contributed by atoms with Crippen molar-refractivity contribution in [2.24, 2.45) is 0 Å². The topological polar surface area (TPSA) is 123 Å². The molecule has 1 heterocycles. The van der Waals surface area contributed by atoms with Gasteiger partial charge >= 0.3 is 17.7 Å². The molecule has 2 unspecified atom stereocenters. The minimum atomic E-state index is -2.54. The van der Waals surface area contributed by atoms with Gasteiger partial charge in [-0.15, -0.1) is 0 Å². The maximum Gasteiger partial charge on any atom is 0.385 e. The third-order valence-corrected chi connectivity index (χ3v) is 1.61. The van der Waals surface area contributed by atoms with Crippen LogP contribution >= 0.6 is 0 Å². The Hall–Kier alpha value is -1.22. The molecular formula is C6H8O8. The summed E-state index contributed by atoms with van der Waals surface area (Å²) in [4.78, 5) is 25.5. The number of carbonyl (C=O) groups excluding carboxylic acids is 2. The first-order valence-corrected chi connectivity index (χ1v) is 3.58. The smallest absolute Gasteiger partial charge is 0.385 e. The molecular weight excluding hydrogens is 200 g/mol. The van der Waals surface area contributed by atoms with Crippen LogP contribution in [-0.4, -0.2) is 52.5 Å². The molecule has 80 valence electrons. The van der Waals surface area contributed by atoms with Gasteiger partial charge in [-0.1, -0.05) is 0 Å². The van der Waals surface area contributed by atoms with Crippen LogP contribution in [0, 0.1) is 0 Å². The lowest BCUT2D eigenvalue weighted by Crippen LogP contribution is -2.57. The summed E-state index contributed by atoms with van der Waals surface area (Å²) in [5.41, 5.74) is 0. The van der Waals surface area contributed by atoms with E-state index in [0.717, 1.165) is 0 Å². The fourth-order valence-electron chi connectivity index (χ4n) is 0.830. The van der Waals surface area contributed by atoms with Crippen LogP contribution in [0.1, 0.15) is 0 Å². The van der Waals surface area contributed by atoms with Gasteiger partial charge in [0, 0.05) is 0 Å². The van der Waals surface area contributed by atoms with Gasteiger partial charge in [-0.25, -0.2) is 14.8 Å². The average Bonchev–Trinajstić information content (AvgIpc) is 2.21. The van der Waals surface area contributed by atoms with Crippen LogP contribution in [0.3, 0.4) is 0 Å². The normalized spacial score (nSPS) is 32.4. The van der Waals surface area contributed by atoms with Crippen molar-refractivity contribution < 1.29 is 39.4 Å². The van der Waals surface area contributed by atoms with Crippen molar-refractivity contribution in [1.82, 2.24) is 0 Å². The molecule has 8 heteroatoms. The lowest BCUT2D eigenvalue weighted by molar-refractivity contribution is -0.396. The molecule has 0 aromatic carbocycles. The molecule has 0 radical (unpaired) electrons. The SMILES string of the molecule is O=C1OC(CO)(OO)C(=O)OC1CO. The molecule has 1 rings (SSSR count). The van der Waals surface area contributed by atoms with Gasteiger partial charge in [0.2, 0.25) is 6.10 Å². The molecule has 2 atom stereocenters. The molecule has 14 heavy (non-hydrogen) atoms. The molecule has 8 nitrogen and oxygen atoms in total. The summed E-state index contributed by atoms with van der Waals surface area (Å²) < 4.78 is 8.63. The van der Waals surface area contributed by atoms with Gasteiger partial charge in [-0.05, 0) is 0 Å². The summed E-state index contributed by atoms with van der Waals surface area (Å²) in [5, 5.41) is 25.5. The van der Waals surface area contributed by atoms with Crippen LogP contribution in [0.4, 0.5) is 0 Å². The lowest BCUT2D eigenvalue weighted by Gasteiger charge is -2.32. The Morgan fingerprint density at radius 3 is 2.50 bits per heavy atom. The van der Waals surface area contributed by atoms with E-state index in [0.29, 0.717) is 0 Å². The Morgan fingerprint density at radius 2 is 2.07 bits per heavy atom. The van der Waals surface area contributed by atoms with Crippen LogP contribution in [0.2, 0.25) is 0 Å². The fourth-order valence-corrected chi connectivity index (χ4v) is 0.830. The van der Waals surface area contributed by atoms with E-state index < -0.39 is 37.0 Å². The third kappa shape index (κ3) is 1.55. The average molecular weight is 208 g/mol. The van der Waals surface area contributed by atoms with E-state index in [-0.39, 0.29) is 0 Å². The quantitative estimate of drug-likeness (QED) is 0.267. The second kappa shape index (κ2) is 3.88. The molecule has 0 amide bonds. The highest BCUT2D eigenvalue weighted by Crippen LogP contribution is 2.21. The lowest BCUT2D eigenvalue weighted by atomic mass is 10.2. The summed E-state index contributed by atoms with van der Waals surface area (Å²) in [7, 11) is 0. The number of cyclic esters (lactones) is 2. The predicted molar refractivity (Wildman–Crippen MR) is 36.6 cm³/mol. The minimum absolute atomic E-state index is 0.752. The van der Waals surface area contributed by atoms with Crippen LogP contribution in [0.5, 0.6) is 0 Å². The van der Waals surface area contributed by atoms with E-state index in [1.807, 2.05) is 0 Å². The van der Waals surface area contributed by atoms with Gasteiger partial charge in [0.15, 0.2) is 0 Å². The maximum atomic E-state index is 11.0. The van der Waals surface area contributed by atoms with Crippen molar-refractivity contribution in [2.75, 3.05) is 13.2 Å². The van der Waals surface area contributed by atoms with Gasteiger partial charge < -0.3 is 19.7 Å². The van der Waals surface area contributed by atoms with E-state index in [9.17, 15) is 9.59 Å². The monoisotopic (exact) mass is 208 g/mol. The number of aliphatic hydroxyl groups is 2.